The Morgan fingerprint density at radius 2 is 2.24 bits per heavy atom. The molecule has 4 heterocycles. The van der Waals surface area contributed by atoms with Crippen molar-refractivity contribution in [2.45, 2.75) is 30.7 Å². The predicted molar refractivity (Wildman–Crippen MR) is 114 cm³/mol. The van der Waals surface area contributed by atoms with Crippen molar-refractivity contribution in [3.8, 4) is 11.5 Å². The summed E-state index contributed by atoms with van der Waals surface area (Å²) >= 11 is 7.58. The van der Waals surface area contributed by atoms with Gasteiger partial charge in [0.2, 0.25) is 11.8 Å². The van der Waals surface area contributed by atoms with E-state index in [9.17, 15) is 9.59 Å². The first kappa shape index (κ1) is 18.4. The van der Waals surface area contributed by atoms with Gasteiger partial charge in [-0.3, -0.25) is 14.6 Å². The minimum absolute atomic E-state index is 0.0572. The van der Waals surface area contributed by atoms with Gasteiger partial charge in [-0.25, -0.2) is 4.98 Å². The molecule has 2 aromatic heterocycles. The molecule has 0 bridgehead atoms. The smallest absolute Gasteiger partial charge is 0.248 e. The van der Waals surface area contributed by atoms with Gasteiger partial charge in [0.25, 0.3) is 0 Å². The number of pyridine rings is 1. The number of thioether (sulfide) groups is 1. The number of carbonyl (C=O) groups excluding carboxylic acids is 2. The fourth-order valence-corrected chi connectivity index (χ4v) is 5.51. The maximum absolute atomic E-state index is 12.9. The van der Waals surface area contributed by atoms with Crippen LogP contribution in [0.5, 0.6) is 0 Å². The number of imidazole rings is 1. The average Bonchev–Trinajstić information content (AvgIpc) is 3.35. The highest BCUT2D eigenvalue weighted by Gasteiger charge is 2.52. The number of H-pyrrole nitrogens is 1. The largest absolute Gasteiger partial charge is 0.337 e. The van der Waals surface area contributed by atoms with E-state index in [0.29, 0.717) is 34.4 Å². The molecule has 2 saturated heterocycles. The van der Waals surface area contributed by atoms with Crippen LogP contribution in [-0.4, -0.2) is 48.3 Å². The van der Waals surface area contributed by atoms with E-state index in [1.165, 1.54) is 0 Å². The van der Waals surface area contributed by atoms with Gasteiger partial charge in [-0.2, -0.15) is 0 Å². The van der Waals surface area contributed by atoms with Crippen LogP contribution in [0.3, 0.4) is 0 Å². The number of fused-ring (bicyclic) bond motifs is 2. The molecule has 0 aliphatic carbocycles. The number of anilines is 1. The molecule has 2 fully saturated rings. The summed E-state index contributed by atoms with van der Waals surface area (Å²) in [5, 5.41) is 3.52. The SMILES string of the molecule is CC12CCC(=O)N1C(C(=O)Nc1ccc3nc(-c4ccc(Cl)cn4)[nH]c3c1)CS2. The number of benzene rings is 1. The molecular weight excluding hydrogens is 410 g/mol. The lowest BCUT2D eigenvalue weighted by Crippen LogP contribution is -2.48. The molecule has 2 atom stereocenters. The number of nitrogens with zero attached hydrogens (tertiary/aromatic N) is 3. The fourth-order valence-electron chi connectivity index (χ4n) is 3.96. The van der Waals surface area contributed by atoms with Crippen molar-refractivity contribution in [2.24, 2.45) is 0 Å². The Morgan fingerprint density at radius 3 is 3.03 bits per heavy atom. The van der Waals surface area contributed by atoms with Gasteiger partial charge in [-0.05, 0) is 43.7 Å². The predicted octanol–water partition coefficient (Wildman–Crippen LogP) is 3.67. The van der Waals surface area contributed by atoms with E-state index in [1.54, 1.807) is 35.0 Å². The summed E-state index contributed by atoms with van der Waals surface area (Å²) in [7, 11) is 0. The molecule has 0 radical (unpaired) electrons. The van der Waals surface area contributed by atoms with Gasteiger partial charge in [-0.1, -0.05) is 11.6 Å². The first-order valence-corrected chi connectivity index (χ1v) is 10.7. The Bertz CT molecular complexity index is 1130. The van der Waals surface area contributed by atoms with Gasteiger partial charge < -0.3 is 15.2 Å². The van der Waals surface area contributed by atoms with Gasteiger partial charge in [0.1, 0.15) is 11.7 Å². The van der Waals surface area contributed by atoms with Crippen molar-refractivity contribution in [3.05, 3.63) is 41.6 Å². The number of rotatable bonds is 3. The van der Waals surface area contributed by atoms with E-state index in [2.05, 4.69) is 20.3 Å². The first-order valence-electron chi connectivity index (χ1n) is 9.32. The van der Waals surface area contributed by atoms with Crippen LogP contribution in [0.15, 0.2) is 36.5 Å². The third-order valence-corrected chi connectivity index (χ3v) is 7.20. The van der Waals surface area contributed by atoms with Crippen LogP contribution in [0.2, 0.25) is 5.02 Å². The molecule has 29 heavy (non-hydrogen) atoms. The minimum Gasteiger partial charge on any atom is -0.337 e. The molecule has 2 N–H and O–H groups in total. The number of hydrogen-bond acceptors (Lipinski definition) is 5. The Labute approximate surface area is 176 Å². The number of halogens is 1. The van der Waals surface area contributed by atoms with E-state index >= 15 is 0 Å². The van der Waals surface area contributed by atoms with Crippen molar-refractivity contribution in [3.63, 3.8) is 0 Å². The number of amides is 2. The number of hydrogen-bond donors (Lipinski definition) is 2. The topological polar surface area (TPSA) is 91.0 Å². The summed E-state index contributed by atoms with van der Waals surface area (Å²) in [5.41, 5.74) is 2.91. The highest BCUT2D eigenvalue weighted by Crippen LogP contribution is 2.47. The summed E-state index contributed by atoms with van der Waals surface area (Å²) in [6.45, 7) is 2.04. The van der Waals surface area contributed by atoms with E-state index < -0.39 is 6.04 Å². The van der Waals surface area contributed by atoms with Gasteiger partial charge in [-0.15, -0.1) is 11.8 Å². The van der Waals surface area contributed by atoms with Crippen molar-refractivity contribution in [2.75, 3.05) is 11.1 Å². The van der Waals surface area contributed by atoms with Gasteiger partial charge in [0.15, 0.2) is 5.82 Å². The zero-order valence-corrected chi connectivity index (χ0v) is 17.2. The second kappa shape index (κ2) is 6.74. The van der Waals surface area contributed by atoms with Crippen molar-refractivity contribution in [1.29, 1.82) is 0 Å². The molecule has 0 saturated carbocycles. The molecule has 2 aliphatic heterocycles. The summed E-state index contributed by atoms with van der Waals surface area (Å²) in [4.78, 5) is 38.7. The molecule has 2 unspecified atom stereocenters. The summed E-state index contributed by atoms with van der Waals surface area (Å²) < 4.78 is 0. The average molecular weight is 428 g/mol. The quantitative estimate of drug-likeness (QED) is 0.665. The third-order valence-electron chi connectivity index (χ3n) is 5.47. The third kappa shape index (κ3) is 3.16. The first-order chi connectivity index (χ1) is 13.9. The number of nitrogens with one attached hydrogen (secondary N) is 2. The molecule has 0 spiro atoms. The Hall–Kier alpha value is -2.58. The lowest BCUT2D eigenvalue weighted by atomic mass is 10.2. The fraction of sp³-hybridized carbons (Fsp3) is 0.300. The van der Waals surface area contributed by atoms with Crippen LogP contribution in [0.4, 0.5) is 5.69 Å². The normalized spacial score (nSPS) is 23.6. The Morgan fingerprint density at radius 1 is 1.38 bits per heavy atom. The number of aromatic nitrogens is 3. The highest BCUT2D eigenvalue weighted by atomic mass is 35.5. The summed E-state index contributed by atoms with van der Waals surface area (Å²) in [6, 6.07) is 8.61. The van der Waals surface area contributed by atoms with Crippen molar-refractivity contribution in [1.82, 2.24) is 19.9 Å². The van der Waals surface area contributed by atoms with Crippen LogP contribution < -0.4 is 5.32 Å². The zero-order valence-electron chi connectivity index (χ0n) is 15.6. The lowest BCUT2D eigenvalue weighted by molar-refractivity contribution is -0.135. The van der Waals surface area contributed by atoms with E-state index in [4.69, 9.17) is 11.6 Å². The van der Waals surface area contributed by atoms with Crippen molar-refractivity contribution >= 4 is 51.9 Å². The lowest BCUT2D eigenvalue weighted by Gasteiger charge is -2.29. The van der Waals surface area contributed by atoms with Crippen LogP contribution in [0.1, 0.15) is 19.8 Å². The Balaban J connectivity index is 1.37. The highest BCUT2D eigenvalue weighted by molar-refractivity contribution is 8.01. The molecule has 2 amide bonds. The minimum atomic E-state index is -0.439. The zero-order chi connectivity index (χ0) is 20.2. The molecule has 2 aliphatic rings. The molecular formula is C20H18ClN5O2S. The monoisotopic (exact) mass is 427 g/mol. The van der Waals surface area contributed by atoms with E-state index in [1.807, 2.05) is 25.1 Å². The molecule has 1 aromatic carbocycles. The van der Waals surface area contributed by atoms with Crippen LogP contribution in [-0.2, 0) is 9.59 Å². The number of carbonyl (C=O) groups is 2. The van der Waals surface area contributed by atoms with E-state index in [-0.39, 0.29) is 16.7 Å². The van der Waals surface area contributed by atoms with Gasteiger partial charge >= 0.3 is 0 Å². The summed E-state index contributed by atoms with van der Waals surface area (Å²) in [5.74, 6) is 1.15. The second-order valence-electron chi connectivity index (χ2n) is 7.43. The number of aromatic amines is 1. The molecule has 5 rings (SSSR count). The van der Waals surface area contributed by atoms with Gasteiger partial charge in [0.05, 0.1) is 20.9 Å². The molecule has 148 valence electrons. The second-order valence-corrected chi connectivity index (χ2v) is 9.37. The van der Waals surface area contributed by atoms with Gasteiger partial charge in [0, 0.05) is 24.1 Å². The standard InChI is InChI=1S/C20H18ClN5O2S/c1-20-7-6-17(27)26(20)16(10-29-20)19(28)23-12-3-5-13-15(8-12)25-18(24-13)14-4-2-11(21)9-22-14/h2-5,8-9,16H,6-7,10H2,1H3,(H,23,28)(H,24,25). The maximum atomic E-state index is 12.9. The van der Waals surface area contributed by atoms with Crippen LogP contribution in [0, 0.1) is 0 Å². The molecule has 9 heteroatoms. The maximum Gasteiger partial charge on any atom is 0.248 e. The molecule has 3 aromatic rings. The van der Waals surface area contributed by atoms with Crippen LogP contribution >= 0.6 is 23.4 Å². The summed E-state index contributed by atoms with van der Waals surface area (Å²) in [6.07, 6.45) is 2.87. The van der Waals surface area contributed by atoms with E-state index in [0.717, 1.165) is 17.5 Å². The van der Waals surface area contributed by atoms with Crippen molar-refractivity contribution < 1.29 is 9.59 Å². The molecule has 7 nitrogen and oxygen atoms in total. The Kier molecular flexibility index (Phi) is 4.29. The van der Waals surface area contributed by atoms with Crippen LogP contribution in [0.25, 0.3) is 22.6 Å².